The number of carbonyl (C=O) groups is 3. The maximum absolute atomic E-state index is 14.2. The number of fused-ring (bicyclic) bond motifs is 1. The molecule has 28 heteroatoms. The number of rotatable bonds is 16. The molecule has 0 aliphatic carbocycles. The molecular weight excluding hydrogens is 1020 g/mol. The number of nitrogens with one attached hydrogen (secondary N) is 1. The molecule has 1 aliphatic heterocycles. The molecule has 0 saturated carbocycles. The summed E-state index contributed by atoms with van der Waals surface area (Å²) in [6.45, 7) is 4.48. The smallest absolute Gasteiger partial charge is 0.431 e. The van der Waals surface area contributed by atoms with Gasteiger partial charge in [-0.25, -0.2) is 28.2 Å². The van der Waals surface area contributed by atoms with Crippen LogP contribution in [0.1, 0.15) is 43.5 Å². The van der Waals surface area contributed by atoms with Gasteiger partial charge in [0.05, 0.1) is 36.4 Å². The number of carbonyl (C=O) groups excluding carboxylic acids is 1. The predicted molar refractivity (Wildman–Crippen MR) is 248 cm³/mol. The molecule has 0 saturated heterocycles. The fraction of sp³-hybridized carbons (Fsp3) is 0.357. The third kappa shape index (κ3) is 16.3. The van der Waals surface area contributed by atoms with Gasteiger partial charge in [0.25, 0.3) is 5.56 Å². The number of aromatic nitrogens is 4. The van der Waals surface area contributed by atoms with Crippen molar-refractivity contribution in [2.75, 3.05) is 25.7 Å². The highest BCUT2D eigenvalue weighted by Crippen LogP contribution is 2.34. The Morgan fingerprint density at radius 2 is 1.64 bits per heavy atom. The van der Waals surface area contributed by atoms with E-state index in [-0.39, 0.29) is 33.6 Å². The summed E-state index contributed by atoms with van der Waals surface area (Å²) in [5.74, 6) is -2.62. The number of methoxy groups -OCH3 is 1. The molecule has 3 aromatic carbocycles. The molecule has 5 N–H and O–H groups in total. The van der Waals surface area contributed by atoms with Crippen LogP contribution in [-0.2, 0) is 63.0 Å². The third-order valence-electron chi connectivity index (χ3n) is 9.53. The van der Waals surface area contributed by atoms with Gasteiger partial charge in [-0.3, -0.25) is 38.3 Å². The molecule has 1 atom stereocenters. The van der Waals surface area contributed by atoms with E-state index in [0.29, 0.717) is 55.0 Å². The molecule has 1 aliphatic rings. The number of thioether (sulfide) groups is 1. The molecule has 0 spiro atoms. The SMILES string of the molecule is CCc1ccc(COc2ccc(-n3c(=O)cc(C(F)(F)F)n(C)c3=O)cc2)c(OC(C)C(=O)OC)c1.O=C(O)CNCP(=O)(O)O.O=C(O)CSc1cc(N=c2sc(=O)n3n2CCCC3)c(F)cc1Cl. The van der Waals surface area contributed by atoms with E-state index in [1.807, 2.05) is 25.1 Å². The van der Waals surface area contributed by atoms with Crippen LogP contribution >= 0.6 is 42.3 Å². The Balaban J connectivity index is 0.000000268. The summed E-state index contributed by atoms with van der Waals surface area (Å²) in [7, 11) is -1.88. The molecule has 70 heavy (non-hydrogen) atoms. The average Bonchev–Trinajstić information content (AvgIpc) is 3.61. The number of alkyl halides is 3. The standard InChI is InChI=1S/C25H25F3N2O6.C14H13ClFN3O3S2.C3H8NO5P/c1-5-16-6-7-17(20(12-16)36-15(2)23(32)34-4)14-35-19-10-8-18(9-11-19)30-22(31)13-21(25(26,27)28)29(3)24(30)33;15-8-5-9(16)10(6-11(8)23-7-12(20)21)17-13-18-3-1-2-4-19(18)14(22)24-13;5-3(6)1-4-2-10(7,8)9/h6-13,15H,5,14H2,1-4H3;5-6H,1-4,7H2,(H,20,21);4H,1-2H2,(H,5,6)(H2,7,8,9). The number of hydrogen-bond donors (Lipinski definition) is 5. The molecule has 0 bridgehead atoms. The second-order valence-electron chi connectivity index (χ2n) is 14.7. The van der Waals surface area contributed by atoms with E-state index in [1.54, 1.807) is 16.3 Å². The third-order valence-corrected chi connectivity index (χ3v) is 12.5. The van der Waals surface area contributed by atoms with Gasteiger partial charge in [0.1, 0.15) is 35.3 Å². The topological polar surface area (TPSA) is 272 Å². The summed E-state index contributed by atoms with van der Waals surface area (Å²) in [5.41, 5.74) is -1.77. The van der Waals surface area contributed by atoms with E-state index in [2.05, 4.69) is 10.3 Å². The minimum atomic E-state index is -4.84. The molecule has 6 rings (SSSR count). The minimum absolute atomic E-state index is 0.0370. The summed E-state index contributed by atoms with van der Waals surface area (Å²) < 4.78 is 84.1. The number of aliphatic carboxylic acids is 2. The minimum Gasteiger partial charge on any atom is -0.489 e. The summed E-state index contributed by atoms with van der Waals surface area (Å²) in [6, 6.07) is 14.2. The Bertz CT molecular complexity index is 2990. The number of hydrogen-bond acceptors (Lipinski definition) is 14. The number of aryl methyl sites for hydroxylation is 1. The Kier molecular flexibility index (Phi) is 20.4. The first-order valence-corrected chi connectivity index (χ1v) is 24.5. The molecule has 20 nitrogen and oxygen atoms in total. The summed E-state index contributed by atoms with van der Waals surface area (Å²) in [6.07, 6.45) is -3.64. The lowest BCUT2D eigenvalue weighted by Gasteiger charge is -2.17. The lowest BCUT2D eigenvalue weighted by Crippen LogP contribution is -2.40. The van der Waals surface area contributed by atoms with Gasteiger partial charge in [-0.2, -0.15) is 13.2 Å². The number of esters is 1. The molecule has 3 heterocycles. The van der Waals surface area contributed by atoms with E-state index in [9.17, 15) is 50.9 Å². The second kappa shape index (κ2) is 25.2. The Hall–Kier alpha value is -6.02. The molecule has 1 unspecified atom stereocenters. The van der Waals surface area contributed by atoms with Gasteiger partial charge in [0.2, 0.25) is 4.80 Å². The van der Waals surface area contributed by atoms with Crippen LogP contribution in [0.3, 0.4) is 0 Å². The van der Waals surface area contributed by atoms with Gasteiger partial charge in [-0.1, -0.05) is 30.7 Å². The lowest BCUT2D eigenvalue weighted by molar-refractivity contribution is -0.148. The lowest BCUT2D eigenvalue weighted by atomic mass is 10.1. The van der Waals surface area contributed by atoms with E-state index < -0.39 is 73.4 Å². The highest BCUT2D eigenvalue weighted by Gasteiger charge is 2.35. The highest BCUT2D eigenvalue weighted by molar-refractivity contribution is 8.00. The van der Waals surface area contributed by atoms with Crippen LogP contribution in [0.4, 0.5) is 23.2 Å². The van der Waals surface area contributed by atoms with Crippen LogP contribution < -0.4 is 35.7 Å². The van der Waals surface area contributed by atoms with Crippen molar-refractivity contribution in [2.45, 2.75) is 70.0 Å². The van der Waals surface area contributed by atoms with Crippen LogP contribution in [0.25, 0.3) is 5.69 Å². The predicted octanol–water partition coefficient (Wildman–Crippen LogP) is 5.14. The zero-order valence-electron chi connectivity index (χ0n) is 37.5. The summed E-state index contributed by atoms with van der Waals surface area (Å²) in [5, 5.41) is 19.0. The zero-order valence-corrected chi connectivity index (χ0v) is 40.8. The molecule has 0 amide bonds. The van der Waals surface area contributed by atoms with Gasteiger partial charge in [0, 0.05) is 36.7 Å². The van der Waals surface area contributed by atoms with Crippen LogP contribution in [0.5, 0.6) is 11.5 Å². The summed E-state index contributed by atoms with van der Waals surface area (Å²) in [4.78, 5) is 90.3. The van der Waals surface area contributed by atoms with Crippen molar-refractivity contribution >= 4 is 65.9 Å². The van der Waals surface area contributed by atoms with Gasteiger partial charge in [-0.05, 0) is 85.6 Å². The largest absolute Gasteiger partial charge is 0.489 e. The fourth-order valence-corrected chi connectivity index (χ4v) is 8.40. The van der Waals surface area contributed by atoms with Crippen molar-refractivity contribution in [3.8, 4) is 17.2 Å². The van der Waals surface area contributed by atoms with Crippen LogP contribution in [0, 0.1) is 5.82 Å². The number of carboxylic acid groups (broad SMARTS) is 2. The highest BCUT2D eigenvalue weighted by atomic mass is 35.5. The first kappa shape index (κ1) is 56.6. The average molecular weight is 1070 g/mol. The molecule has 2 aromatic heterocycles. The van der Waals surface area contributed by atoms with Crippen molar-refractivity contribution < 1.29 is 70.7 Å². The number of nitrogens with zero attached hydrogens (tertiary/aromatic N) is 5. The monoisotopic (exact) mass is 1060 g/mol. The zero-order chi connectivity index (χ0) is 52.1. The normalized spacial score (nSPS) is 12.9. The van der Waals surface area contributed by atoms with Crippen LogP contribution in [0.15, 0.2) is 84.9 Å². The number of halogens is 5. The quantitative estimate of drug-likeness (QED) is 0.0370. The molecule has 5 aromatic rings. The Morgan fingerprint density at radius 3 is 2.23 bits per heavy atom. The second-order valence-corrected chi connectivity index (χ2v) is 18.7. The van der Waals surface area contributed by atoms with Crippen molar-refractivity contribution in [3.05, 3.63) is 124 Å². The Labute approximate surface area is 407 Å². The van der Waals surface area contributed by atoms with Crippen molar-refractivity contribution in [1.29, 1.82) is 0 Å². The summed E-state index contributed by atoms with van der Waals surface area (Å²) >= 11 is 7.91. The van der Waals surface area contributed by atoms with Gasteiger partial charge >= 0.3 is 42.2 Å². The van der Waals surface area contributed by atoms with E-state index in [1.165, 1.54) is 37.4 Å². The van der Waals surface area contributed by atoms with Crippen LogP contribution in [-0.4, -0.2) is 88.2 Å². The van der Waals surface area contributed by atoms with Crippen molar-refractivity contribution in [2.24, 2.45) is 12.0 Å². The van der Waals surface area contributed by atoms with Crippen LogP contribution in [0.2, 0.25) is 5.02 Å². The maximum atomic E-state index is 14.2. The molecular formula is C42H46ClF4N6O14PS2. The first-order valence-electron chi connectivity index (χ1n) is 20.5. The Morgan fingerprint density at radius 1 is 0.986 bits per heavy atom. The van der Waals surface area contributed by atoms with Gasteiger partial charge < -0.3 is 34.2 Å². The van der Waals surface area contributed by atoms with Gasteiger partial charge in [-0.15, -0.1) is 11.8 Å². The van der Waals surface area contributed by atoms with Gasteiger partial charge in [0.15, 0.2) is 6.10 Å². The van der Waals surface area contributed by atoms with Crippen molar-refractivity contribution in [1.82, 2.24) is 23.8 Å². The number of ether oxygens (including phenoxy) is 3. The molecule has 0 radical (unpaired) electrons. The molecule has 380 valence electrons. The van der Waals surface area contributed by atoms with E-state index in [0.717, 1.165) is 61.0 Å². The molecule has 0 fully saturated rings. The van der Waals surface area contributed by atoms with E-state index in [4.69, 9.17) is 45.8 Å². The van der Waals surface area contributed by atoms with Crippen molar-refractivity contribution in [3.63, 3.8) is 0 Å². The fourth-order valence-electron chi connectivity index (χ4n) is 6.12. The first-order chi connectivity index (χ1) is 32.8. The number of benzene rings is 3. The van der Waals surface area contributed by atoms with E-state index >= 15 is 0 Å². The maximum Gasteiger partial charge on any atom is 0.431 e. The number of carboxylic acids is 2.